The highest BCUT2D eigenvalue weighted by Crippen LogP contribution is 1.96. The number of hydrogen-bond donors (Lipinski definition) is 1. The maximum absolute atomic E-state index is 5.34. The highest BCUT2D eigenvalue weighted by molar-refractivity contribution is 6.21. The molecule has 1 N–H and O–H groups in total. The third kappa shape index (κ3) is 0.698. The Kier molecular flexibility index (Phi) is 1.08. The fourth-order valence-corrected chi connectivity index (χ4v) is 0.365. The van der Waals surface area contributed by atoms with Gasteiger partial charge in [-0.2, -0.15) is 0 Å². The molecule has 0 saturated carbocycles. The van der Waals surface area contributed by atoms with Crippen LogP contribution >= 0.6 is 11.6 Å². The lowest BCUT2D eigenvalue weighted by molar-refractivity contribution is 0.831. The minimum atomic E-state index is -0.273. The average Bonchev–Trinajstić information content (AvgIpc) is 1.86. The zero-order chi connectivity index (χ0) is 4.41. The number of aliphatic imine (C=N–C) groups is 1. The van der Waals surface area contributed by atoms with E-state index >= 15 is 0 Å². The fourth-order valence-electron chi connectivity index (χ4n) is 0.246. The van der Waals surface area contributed by atoms with Crippen molar-refractivity contribution in [2.75, 3.05) is 0 Å². The Morgan fingerprint density at radius 1 is 2.00 bits per heavy atom. The van der Waals surface area contributed by atoms with Gasteiger partial charge in [-0.05, 0) is 0 Å². The summed E-state index contributed by atoms with van der Waals surface area (Å²) in [6.45, 7) is 2.60. The van der Waals surface area contributed by atoms with Crippen LogP contribution in [0.4, 0.5) is 0 Å². The summed E-state index contributed by atoms with van der Waals surface area (Å²) in [5, 5.41) is 2.61. The number of alkyl halides is 1. The highest BCUT2D eigenvalue weighted by atomic mass is 35.5. The molecule has 0 saturated heterocycles. The molecule has 1 unspecified atom stereocenters. The molecule has 32 valence electrons. The minimum absolute atomic E-state index is 0.273. The van der Waals surface area contributed by atoms with Crippen molar-refractivity contribution in [3.8, 4) is 0 Å². The van der Waals surface area contributed by atoms with Crippen LogP contribution in [0.25, 0.3) is 0 Å². The molecule has 0 fully saturated rings. The molecule has 0 spiro atoms. The van der Waals surface area contributed by atoms with Gasteiger partial charge in [0.15, 0.2) is 5.62 Å². The molecule has 0 bridgehead atoms. The maximum atomic E-state index is 5.34. The Balaban J connectivity index is 2.38. The monoisotopic (exact) mass is 102 g/mol. The van der Waals surface area contributed by atoms with E-state index in [1.54, 1.807) is 0 Å². The molecule has 0 aliphatic carbocycles. The van der Waals surface area contributed by atoms with E-state index < -0.39 is 0 Å². The van der Waals surface area contributed by atoms with Crippen LogP contribution in [0.5, 0.6) is 0 Å². The summed E-state index contributed by atoms with van der Waals surface area (Å²) in [7, 11) is 0. The molecule has 1 heterocycles. The minimum Gasteiger partial charge on any atom is -0.268 e. The normalized spacial score (nSPS) is 31.8. The van der Waals surface area contributed by atoms with Gasteiger partial charge in [0.2, 0.25) is 0 Å². The van der Waals surface area contributed by atoms with Crippen molar-refractivity contribution in [3.63, 3.8) is 0 Å². The summed E-state index contributed by atoms with van der Waals surface area (Å²) in [6, 6.07) is 0. The Hall–Kier alpha value is -0.0800. The molecule has 0 aromatic rings. The molecule has 0 aromatic heterocycles. The van der Waals surface area contributed by atoms with Crippen LogP contribution in [0.1, 0.15) is 0 Å². The Morgan fingerprint density at radius 2 is 2.83 bits per heavy atom. The first-order chi connectivity index (χ1) is 2.89. The van der Waals surface area contributed by atoms with E-state index in [1.165, 1.54) is 6.21 Å². The smallest absolute Gasteiger partial charge is 0.176 e. The van der Waals surface area contributed by atoms with Gasteiger partial charge in [-0.25, -0.2) is 0 Å². The molecule has 1 rings (SSSR count). The zero-order valence-corrected chi connectivity index (χ0v) is 3.74. The van der Waals surface area contributed by atoms with Crippen molar-refractivity contribution in [1.82, 2.24) is 5.32 Å². The van der Waals surface area contributed by atoms with Crippen LogP contribution in [-0.2, 0) is 0 Å². The van der Waals surface area contributed by atoms with Crippen molar-refractivity contribution in [1.29, 1.82) is 0 Å². The predicted octanol–water partition coefficient (Wildman–Crippen LogP) is 0.222. The van der Waals surface area contributed by atoms with Crippen LogP contribution < -0.4 is 5.32 Å². The molecule has 6 heavy (non-hydrogen) atoms. The van der Waals surface area contributed by atoms with Crippen molar-refractivity contribution in [2.45, 2.75) is 5.62 Å². The van der Waals surface area contributed by atoms with E-state index in [9.17, 15) is 0 Å². The molecule has 1 aliphatic rings. The van der Waals surface area contributed by atoms with Gasteiger partial charge in [-0.3, -0.25) is 10.3 Å². The van der Waals surface area contributed by atoms with Crippen LogP contribution in [0.3, 0.4) is 0 Å². The summed E-state index contributed by atoms with van der Waals surface area (Å²) in [5.74, 6) is 0. The number of nitrogens with one attached hydrogen (secondary N) is 1. The SMILES string of the molecule is ClC1N=C[C]N1. The average molecular weight is 103 g/mol. The molecule has 1 atom stereocenters. The van der Waals surface area contributed by atoms with E-state index in [2.05, 4.69) is 16.9 Å². The number of nitrogens with zero attached hydrogens (tertiary/aromatic N) is 1. The van der Waals surface area contributed by atoms with E-state index in [0.717, 1.165) is 0 Å². The summed E-state index contributed by atoms with van der Waals surface area (Å²) in [6.07, 6.45) is 1.51. The van der Waals surface area contributed by atoms with Crippen LogP contribution in [-0.4, -0.2) is 11.8 Å². The van der Waals surface area contributed by atoms with Gasteiger partial charge in [0.05, 0.1) is 0 Å². The molecule has 2 radical (unpaired) electrons. The largest absolute Gasteiger partial charge is 0.268 e. The topological polar surface area (TPSA) is 24.4 Å². The second kappa shape index (κ2) is 1.58. The van der Waals surface area contributed by atoms with Crippen molar-refractivity contribution in [2.24, 2.45) is 4.99 Å². The Bertz CT molecular complexity index is 71.2. The highest BCUT2D eigenvalue weighted by Gasteiger charge is 2.01. The standard InChI is InChI=1S/C3H3ClN2/c4-3-5-1-2-6-3/h1,3,6H. The fraction of sp³-hybridized carbons (Fsp3) is 0.333. The van der Waals surface area contributed by atoms with Gasteiger partial charge in [0, 0.05) is 6.21 Å². The molecule has 2 nitrogen and oxygen atoms in total. The predicted molar refractivity (Wildman–Crippen MR) is 24.5 cm³/mol. The summed E-state index contributed by atoms with van der Waals surface area (Å²) >= 11 is 5.34. The Labute approximate surface area is 41.2 Å². The van der Waals surface area contributed by atoms with E-state index in [0.29, 0.717) is 0 Å². The van der Waals surface area contributed by atoms with Gasteiger partial charge in [-0.15, -0.1) is 0 Å². The maximum Gasteiger partial charge on any atom is 0.176 e. The van der Waals surface area contributed by atoms with Gasteiger partial charge >= 0.3 is 0 Å². The number of rotatable bonds is 0. The van der Waals surface area contributed by atoms with Crippen molar-refractivity contribution < 1.29 is 0 Å². The van der Waals surface area contributed by atoms with Gasteiger partial charge < -0.3 is 0 Å². The third-order valence-corrected chi connectivity index (χ3v) is 0.694. The number of hydrogen-bond acceptors (Lipinski definition) is 2. The summed E-state index contributed by atoms with van der Waals surface area (Å²) in [5.41, 5.74) is -0.273. The first-order valence-electron chi connectivity index (χ1n) is 1.56. The lowest BCUT2D eigenvalue weighted by Crippen LogP contribution is -2.10. The molecular formula is C3H3ClN2. The zero-order valence-electron chi connectivity index (χ0n) is 2.98. The van der Waals surface area contributed by atoms with Crippen LogP contribution in [0.2, 0.25) is 0 Å². The van der Waals surface area contributed by atoms with Crippen LogP contribution in [0, 0.1) is 6.54 Å². The van der Waals surface area contributed by atoms with E-state index in [-0.39, 0.29) is 5.62 Å². The molecule has 1 aliphatic heterocycles. The van der Waals surface area contributed by atoms with Crippen molar-refractivity contribution in [3.05, 3.63) is 6.54 Å². The van der Waals surface area contributed by atoms with E-state index in [1.807, 2.05) is 0 Å². The lowest BCUT2D eigenvalue weighted by atomic mass is 10.8. The third-order valence-electron chi connectivity index (χ3n) is 0.472. The molecule has 0 aromatic carbocycles. The molecular weight excluding hydrogens is 99.5 g/mol. The van der Waals surface area contributed by atoms with Gasteiger partial charge in [0.1, 0.15) is 6.54 Å². The van der Waals surface area contributed by atoms with E-state index in [4.69, 9.17) is 11.6 Å². The first-order valence-corrected chi connectivity index (χ1v) is 2.00. The molecule has 0 amide bonds. The first kappa shape index (κ1) is 4.09. The van der Waals surface area contributed by atoms with Gasteiger partial charge in [0.25, 0.3) is 0 Å². The summed E-state index contributed by atoms with van der Waals surface area (Å²) in [4.78, 5) is 3.65. The lowest BCUT2D eigenvalue weighted by Gasteiger charge is -1.89. The quantitative estimate of drug-likeness (QED) is 0.344. The second-order valence-electron chi connectivity index (χ2n) is 0.903. The second-order valence-corrected chi connectivity index (χ2v) is 1.32. The molecule has 3 heteroatoms. The van der Waals surface area contributed by atoms with Crippen molar-refractivity contribution >= 4 is 17.8 Å². The Morgan fingerprint density at radius 3 is 3.00 bits per heavy atom. The van der Waals surface area contributed by atoms with Crippen LogP contribution in [0.15, 0.2) is 4.99 Å². The summed E-state index contributed by atoms with van der Waals surface area (Å²) < 4.78 is 0. The van der Waals surface area contributed by atoms with Gasteiger partial charge in [-0.1, -0.05) is 11.6 Å². The number of halogens is 1.